The first kappa shape index (κ1) is 12.1. The first-order chi connectivity index (χ1) is 8.15. The molecule has 1 atom stereocenters. The fourth-order valence-corrected chi connectivity index (χ4v) is 1.98. The van der Waals surface area contributed by atoms with E-state index in [0.717, 1.165) is 24.2 Å². The highest BCUT2D eigenvalue weighted by Gasteiger charge is 2.17. The molecule has 1 aromatic carbocycles. The van der Waals surface area contributed by atoms with Crippen molar-refractivity contribution >= 4 is 11.6 Å². The van der Waals surface area contributed by atoms with Crippen LogP contribution in [0.15, 0.2) is 18.2 Å². The average molecular weight is 234 g/mol. The third-order valence-corrected chi connectivity index (χ3v) is 2.82. The van der Waals surface area contributed by atoms with Crippen molar-refractivity contribution < 1.29 is 9.90 Å². The predicted octanol–water partition coefficient (Wildman–Crippen LogP) is 0.694. The number of rotatable bonds is 5. The third-order valence-electron chi connectivity index (χ3n) is 2.82. The zero-order valence-electron chi connectivity index (χ0n) is 9.99. The van der Waals surface area contributed by atoms with E-state index in [0.29, 0.717) is 13.0 Å². The van der Waals surface area contributed by atoms with Crippen molar-refractivity contribution in [1.82, 2.24) is 5.32 Å². The van der Waals surface area contributed by atoms with Gasteiger partial charge in [0.2, 0.25) is 5.91 Å². The summed E-state index contributed by atoms with van der Waals surface area (Å²) in [6, 6.07) is 6.08. The molecule has 0 saturated heterocycles. The molecule has 0 saturated carbocycles. The molecule has 0 radical (unpaired) electrons. The summed E-state index contributed by atoms with van der Waals surface area (Å²) in [5.41, 5.74) is 3.25. The van der Waals surface area contributed by atoms with Gasteiger partial charge in [-0.3, -0.25) is 4.79 Å². The van der Waals surface area contributed by atoms with Gasteiger partial charge in [-0.2, -0.15) is 0 Å². The molecule has 4 nitrogen and oxygen atoms in total. The minimum absolute atomic E-state index is 0.0735. The smallest absolute Gasteiger partial charge is 0.228 e. The molecule has 0 bridgehead atoms. The maximum atomic E-state index is 11.2. The summed E-state index contributed by atoms with van der Waals surface area (Å²) in [5.74, 6) is 0.0735. The Bertz CT molecular complexity index is 416. The number of carbonyl (C=O) groups is 1. The Hall–Kier alpha value is -1.39. The molecular formula is C13H18N2O2. The molecule has 1 aromatic rings. The number of aliphatic hydroxyl groups is 1. The number of anilines is 1. The van der Waals surface area contributed by atoms with E-state index in [1.54, 1.807) is 6.92 Å². The first-order valence-electron chi connectivity index (χ1n) is 5.95. The van der Waals surface area contributed by atoms with E-state index in [9.17, 15) is 4.79 Å². The molecule has 1 aliphatic rings. The minimum atomic E-state index is -0.308. The second-order valence-corrected chi connectivity index (χ2v) is 4.52. The van der Waals surface area contributed by atoms with Crippen LogP contribution in [-0.2, 0) is 17.6 Å². The summed E-state index contributed by atoms with van der Waals surface area (Å²) in [6.45, 7) is 3.22. The van der Waals surface area contributed by atoms with Crippen molar-refractivity contribution in [3.63, 3.8) is 0 Å². The second-order valence-electron chi connectivity index (χ2n) is 4.52. The summed E-state index contributed by atoms with van der Waals surface area (Å²) >= 11 is 0. The highest BCUT2D eigenvalue weighted by molar-refractivity contribution is 5.99. The van der Waals surface area contributed by atoms with Crippen molar-refractivity contribution in [3.05, 3.63) is 29.3 Å². The van der Waals surface area contributed by atoms with E-state index in [4.69, 9.17) is 5.11 Å². The molecule has 4 heteroatoms. The van der Waals surface area contributed by atoms with Gasteiger partial charge in [0.05, 0.1) is 12.5 Å². The summed E-state index contributed by atoms with van der Waals surface area (Å²) in [4.78, 5) is 11.2. The van der Waals surface area contributed by atoms with E-state index >= 15 is 0 Å². The van der Waals surface area contributed by atoms with Crippen LogP contribution in [0.1, 0.15) is 18.1 Å². The Morgan fingerprint density at radius 2 is 2.35 bits per heavy atom. The average Bonchev–Trinajstić information content (AvgIpc) is 2.63. The fraction of sp³-hybridized carbons (Fsp3) is 0.462. The number of aliphatic hydroxyl groups excluding tert-OH is 1. The standard InChI is InChI=1S/C13H18N2O2/c1-9(16)8-14-5-4-10-2-3-12-11(6-10)7-13(17)15-12/h2-3,6,9,14,16H,4-5,7-8H2,1H3,(H,15,17). The van der Waals surface area contributed by atoms with Crippen molar-refractivity contribution in [1.29, 1.82) is 0 Å². The lowest BCUT2D eigenvalue weighted by Gasteiger charge is -2.07. The van der Waals surface area contributed by atoms with Gasteiger partial charge in [0.25, 0.3) is 0 Å². The van der Waals surface area contributed by atoms with E-state index in [1.165, 1.54) is 5.56 Å². The number of nitrogens with one attached hydrogen (secondary N) is 2. The van der Waals surface area contributed by atoms with Gasteiger partial charge in [-0.25, -0.2) is 0 Å². The van der Waals surface area contributed by atoms with Gasteiger partial charge in [-0.05, 0) is 37.1 Å². The van der Waals surface area contributed by atoms with Crippen LogP contribution in [0, 0.1) is 0 Å². The zero-order valence-corrected chi connectivity index (χ0v) is 9.99. The Morgan fingerprint density at radius 1 is 1.53 bits per heavy atom. The normalized spacial score (nSPS) is 15.5. The van der Waals surface area contributed by atoms with Gasteiger partial charge in [-0.1, -0.05) is 12.1 Å². The van der Waals surface area contributed by atoms with Crippen LogP contribution in [0.25, 0.3) is 0 Å². The molecule has 92 valence electrons. The number of hydrogen-bond acceptors (Lipinski definition) is 3. The molecule has 1 heterocycles. The molecule has 1 amide bonds. The van der Waals surface area contributed by atoms with Gasteiger partial charge in [-0.15, -0.1) is 0 Å². The molecular weight excluding hydrogens is 216 g/mol. The number of benzene rings is 1. The van der Waals surface area contributed by atoms with E-state index in [1.807, 2.05) is 12.1 Å². The van der Waals surface area contributed by atoms with E-state index in [-0.39, 0.29) is 12.0 Å². The van der Waals surface area contributed by atoms with Crippen molar-refractivity contribution in [2.24, 2.45) is 0 Å². The Kier molecular flexibility index (Phi) is 3.76. The second kappa shape index (κ2) is 5.29. The topological polar surface area (TPSA) is 61.4 Å². The largest absolute Gasteiger partial charge is 0.392 e. The molecule has 1 unspecified atom stereocenters. The molecule has 0 fully saturated rings. The quantitative estimate of drug-likeness (QED) is 0.657. The van der Waals surface area contributed by atoms with Crippen molar-refractivity contribution in [3.8, 4) is 0 Å². The lowest BCUT2D eigenvalue weighted by molar-refractivity contribution is -0.115. The Morgan fingerprint density at radius 3 is 3.12 bits per heavy atom. The highest BCUT2D eigenvalue weighted by Crippen LogP contribution is 2.23. The van der Waals surface area contributed by atoms with Crippen LogP contribution in [0.3, 0.4) is 0 Å². The molecule has 17 heavy (non-hydrogen) atoms. The molecule has 0 aromatic heterocycles. The van der Waals surface area contributed by atoms with E-state index in [2.05, 4.69) is 16.7 Å². The van der Waals surface area contributed by atoms with Crippen LogP contribution in [0.2, 0.25) is 0 Å². The molecule has 2 rings (SSSR count). The molecule has 0 aliphatic carbocycles. The van der Waals surface area contributed by atoms with Gasteiger partial charge >= 0.3 is 0 Å². The monoisotopic (exact) mass is 234 g/mol. The SMILES string of the molecule is CC(O)CNCCc1ccc2c(c1)CC(=O)N2. The van der Waals surface area contributed by atoms with Crippen LogP contribution in [-0.4, -0.2) is 30.2 Å². The van der Waals surface area contributed by atoms with Crippen molar-refractivity contribution in [2.75, 3.05) is 18.4 Å². The van der Waals surface area contributed by atoms with Crippen LogP contribution in [0.5, 0.6) is 0 Å². The molecule has 3 N–H and O–H groups in total. The van der Waals surface area contributed by atoms with Crippen LogP contribution in [0.4, 0.5) is 5.69 Å². The lowest BCUT2D eigenvalue weighted by atomic mass is 10.1. The maximum Gasteiger partial charge on any atom is 0.228 e. The Balaban J connectivity index is 1.86. The summed E-state index contributed by atoms with van der Waals surface area (Å²) in [7, 11) is 0. The molecule has 0 spiro atoms. The number of amides is 1. The van der Waals surface area contributed by atoms with Crippen LogP contribution >= 0.6 is 0 Å². The summed E-state index contributed by atoms with van der Waals surface area (Å²) in [6.07, 6.45) is 1.09. The predicted molar refractivity (Wildman–Crippen MR) is 67.0 cm³/mol. The highest BCUT2D eigenvalue weighted by atomic mass is 16.3. The lowest BCUT2D eigenvalue weighted by Crippen LogP contribution is -2.26. The number of carbonyl (C=O) groups excluding carboxylic acids is 1. The number of fused-ring (bicyclic) bond motifs is 1. The Labute approximate surface area is 101 Å². The van der Waals surface area contributed by atoms with E-state index < -0.39 is 0 Å². The number of hydrogen-bond donors (Lipinski definition) is 3. The fourth-order valence-electron chi connectivity index (χ4n) is 1.98. The summed E-state index contributed by atoms with van der Waals surface area (Å²) < 4.78 is 0. The third kappa shape index (κ3) is 3.28. The molecule has 1 aliphatic heterocycles. The maximum absolute atomic E-state index is 11.2. The zero-order chi connectivity index (χ0) is 12.3. The van der Waals surface area contributed by atoms with Gasteiger partial charge < -0.3 is 15.7 Å². The van der Waals surface area contributed by atoms with Crippen molar-refractivity contribution in [2.45, 2.75) is 25.9 Å². The first-order valence-corrected chi connectivity index (χ1v) is 5.95. The van der Waals surface area contributed by atoms with Gasteiger partial charge in [0, 0.05) is 12.2 Å². The van der Waals surface area contributed by atoms with Crippen LogP contribution < -0.4 is 10.6 Å². The van der Waals surface area contributed by atoms with Gasteiger partial charge in [0.15, 0.2) is 0 Å². The summed E-state index contributed by atoms with van der Waals surface area (Å²) in [5, 5.41) is 15.1. The minimum Gasteiger partial charge on any atom is -0.392 e. The van der Waals surface area contributed by atoms with Gasteiger partial charge in [0.1, 0.15) is 0 Å².